The summed E-state index contributed by atoms with van der Waals surface area (Å²) in [5.41, 5.74) is 2.55. The Hall–Kier alpha value is -5.26. The Labute approximate surface area is 268 Å². The van der Waals surface area contributed by atoms with Gasteiger partial charge in [0.25, 0.3) is 11.8 Å². The minimum absolute atomic E-state index is 0.0696. The molecule has 1 aromatic heterocycles. The number of carbonyl (C=O) groups is 3. The van der Waals surface area contributed by atoms with E-state index in [1.54, 1.807) is 73.8 Å². The van der Waals surface area contributed by atoms with E-state index in [1.807, 2.05) is 55.5 Å². The smallest absolute Gasteiger partial charge is 0.272 e. The van der Waals surface area contributed by atoms with Gasteiger partial charge in [0, 0.05) is 16.1 Å². The van der Waals surface area contributed by atoms with Crippen LogP contribution in [0.3, 0.4) is 0 Å². The molecule has 4 aromatic carbocycles. The van der Waals surface area contributed by atoms with Crippen molar-refractivity contribution in [2.24, 2.45) is 0 Å². The maximum Gasteiger partial charge on any atom is 0.272 e. The molecule has 11 heteroatoms. The highest BCUT2D eigenvalue weighted by Gasteiger charge is 2.23. The fourth-order valence-electron chi connectivity index (χ4n) is 4.18. The molecule has 45 heavy (non-hydrogen) atoms. The number of thioether (sulfide) groups is 1. The van der Waals surface area contributed by atoms with E-state index in [4.69, 9.17) is 4.74 Å². The highest BCUT2D eigenvalue weighted by molar-refractivity contribution is 8.00. The Morgan fingerprint density at radius 1 is 0.822 bits per heavy atom. The van der Waals surface area contributed by atoms with Crippen molar-refractivity contribution < 1.29 is 19.1 Å². The topological polar surface area (TPSA) is 122 Å². The molecule has 1 unspecified atom stereocenters. The zero-order chi connectivity index (χ0) is 31.6. The Balaban J connectivity index is 1.32. The van der Waals surface area contributed by atoms with E-state index < -0.39 is 17.1 Å². The van der Waals surface area contributed by atoms with Crippen LogP contribution in [0, 0.1) is 6.92 Å². The highest BCUT2D eigenvalue weighted by atomic mass is 32.2. The molecule has 0 saturated carbocycles. The number of hydrogen-bond donors (Lipinski definition) is 3. The third-order valence-corrected chi connectivity index (χ3v) is 8.44. The summed E-state index contributed by atoms with van der Waals surface area (Å²) < 4.78 is 5.22. The van der Waals surface area contributed by atoms with Crippen LogP contribution >= 0.6 is 23.1 Å². The van der Waals surface area contributed by atoms with Crippen molar-refractivity contribution in [2.45, 2.75) is 17.1 Å². The van der Waals surface area contributed by atoms with Crippen molar-refractivity contribution >= 4 is 57.7 Å². The summed E-state index contributed by atoms with van der Waals surface area (Å²) in [5.74, 6) is -0.454. The minimum atomic E-state index is -0.553. The number of carbonyl (C=O) groups excluding carboxylic acids is 3. The van der Waals surface area contributed by atoms with Crippen LogP contribution in [-0.4, -0.2) is 35.0 Å². The van der Waals surface area contributed by atoms with Crippen molar-refractivity contribution in [3.05, 3.63) is 137 Å². The quantitative estimate of drug-likeness (QED) is 0.109. The van der Waals surface area contributed by atoms with Gasteiger partial charge in [-0.3, -0.25) is 19.7 Å². The largest absolute Gasteiger partial charge is 0.497 e. The lowest BCUT2D eigenvalue weighted by atomic mass is 10.1. The van der Waals surface area contributed by atoms with Gasteiger partial charge in [0.2, 0.25) is 11.0 Å². The van der Waals surface area contributed by atoms with Gasteiger partial charge >= 0.3 is 0 Å². The van der Waals surface area contributed by atoms with Gasteiger partial charge in [-0.2, -0.15) is 0 Å². The van der Waals surface area contributed by atoms with Crippen LogP contribution in [0.4, 0.5) is 10.8 Å². The number of anilines is 2. The van der Waals surface area contributed by atoms with E-state index in [2.05, 4.69) is 26.1 Å². The van der Waals surface area contributed by atoms with Crippen molar-refractivity contribution in [3.63, 3.8) is 0 Å². The molecule has 0 bridgehead atoms. The summed E-state index contributed by atoms with van der Waals surface area (Å²) in [6, 6.07) is 32.4. The average molecular weight is 636 g/mol. The number of benzene rings is 4. The fourth-order valence-corrected chi connectivity index (χ4v) is 5.80. The van der Waals surface area contributed by atoms with Gasteiger partial charge in [0.15, 0.2) is 0 Å². The summed E-state index contributed by atoms with van der Waals surface area (Å²) >= 11 is 2.68. The third-order valence-electron chi connectivity index (χ3n) is 6.42. The molecule has 9 nitrogen and oxygen atoms in total. The molecule has 5 aromatic rings. The molecule has 3 amide bonds. The van der Waals surface area contributed by atoms with Crippen LogP contribution in [0.25, 0.3) is 6.08 Å². The number of nitrogens with one attached hydrogen (secondary N) is 3. The molecule has 1 heterocycles. The first kappa shape index (κ1) is 31.2. The molecule has 226 valence electrons. The molecule has 0 aliphatic carbocycles. The Bertz CT molecular complexity index is 1790. The maximum absolute atomic E-state index is 13.4. The van der Waals surface area contributed by atoms with Gasteiger partial charge in [-0.25, -0.2) is 0 Å². The second-order valence-electron chi connectivity index (χ2n) is 9.65. The molecule has 5 rings (SSSR count). The summed E-state index contributed by atoms with van der Waals surface area (Å²) in [4.78, 5) is 40.5. The van der Waals surface area contributed by atoms with Crippen molar-refractivity contribution in [1.82, 2.24) is 15.5 Å². The van der Waals surface area contributed by atoms with Gasteiger partial charge in [0.1, 0.15) is 21.7 Å². The first-order chi connectivity index (χ1) is 21.9. The molecule has 0 aliphatic heterocycles. The number of methoxy groups -OCH3 is 1. The second-order valence-corrected chi connectivity index (χ2v) is 12.0. The monoisotopic (exact) mass is 635 g/mol. The number of aromatic nitrogens is 2. The Morgan fingerprint density at radius 2 is 1.49 bits per heavy atom. The van der Waals surface area contributed by atoms with E-state index in [1.165, 1.54) is 23.1 Å². The van der Waals surface area contributed by atoms with Crippen molar-refractivity contribution in [2.75, 3.05) is 17.7 Å². The van der Waals surface area contributed by atoms with Crippen LogP contribution < -0.4 is 20.7 Å². The van der Waals surface area contributed by atoms with Gasteiger partial charge < -0.3 is 15.4 Å². The van der Waals surface area contributed by atoms with Crippen LogP contribution in [0.2, 0.25) is 0 Å². The van der Waals surface area contributed by atoms with E-state index in [0.717, 1.165) is 15.5 Å². The van der Waals surface area contributed by atoms with Crippen LogP contribution in [0.5, 0.6) is 5.75 Å². The second kappa shape index (κ2) is 15.0. The lowest BCUT2D eigenvalue weighted by molar-refractivity contribution is -0.116. The number of nitrogens with zero attached hydrogens (tertiary/aromatic N) is 2. The zero-order valence-electron chi connectivity index (χ0n) is 24.4. The molecule has 0 fully saturated rings. The predicted molar refractivity (Wildman–Crippen MR) is 178 cm³/mol. The SMILES string of the molecule is COc1ccc(/C=C(\NC(=O)c2ccccc2)C(=O)Nc2ccc(SC(C(=O)Nc3nnc(C)s3)c3ccccc3)cc2)cc1. The van der Waals surface area contributed by atoms with Crippen LogP contribution in [0.1, 0.15) is 31.7 Å². The van der Waals surface area contributed by atoms with Gasteiger partial charge in [-0.05, 0) is 72.7 Å². The van der Waals surface area contributed by atoms with E-state index in [-0.39, 0.29) is 11.6 Å². The summed E-state index contributed by atoms with van der Waals surface area (Å²) in [5, 5.41) is 17.1. The predicted octanol–water partition coefficient (Wildman–Crippen LogP) is 6.74. The first-order valence-corrected chi connectivity index (χ1v) is 15.5. The standard InChI is InChI=1S/C34H29N5O4S2/c1-22-38-39-34(44-22)37-33(42)30(24-9-5-3-6-10-24)45-28-19-15-26(16-20-28)35-32(41)29(21-23-13-17-27(43-2)18-14-23)36-31(40)25-11-7-4-8-12-25/h3-21,30H,1-2H3,(H,35,41)(H,36,40)(H,37,39,42)/b29-21-. The number of aryl methyl sites for hydroxylation is 1. The average Bonchev–Trinajstić information content (AvgIpc) is 3.49. The molecule has 3 N–H and O–H groups in total. The van der Waals surface area contributed by atoms with E-state index in [0.29, 0.717) is 27.7 Å². The minimum Gasteiger partial charge on any atom is -0.497 e. The summed E-state index contributed by atoms with van der Waals surface area (Å²) in [6.07, 6.45) is 1.60. The van der Waals surface area contributed by atoms with Gasteiger partial charge in [-0.1, -0.05) is 72.0 Å². The highest BCUT2D eigenvalue weighted by Crippen LogP contribution is 2.37. The lowest BCUT2D eigenvalue weighted by Crippen LogP contribution is -2.30. The molecular formula is C34H29N5O4S2. The first-order valence-electron chi connectivity index (χ1n) is 13.8. The molecule has 0 aliphatic rings. The molecule has 0 radical (unpaired) electrons. The Morgan fingerprint density at radius 3 is 2.11 bits per heavy atom. The normalized spacial score (nSPS) is 11.7. The third kappa shape index (κ3) is 8.65. The van der Waals surface area contributed by atoms with Gasteiger partial charge in [-0.15, -0.1) is 22.0 Å². The molecular weight excluding hydrogens is 607 g/mol. The fraction of sp³-hybridized carbons (Fsp3) is 0.0882. The van der Waals surface area contributed by atoms with Crippen molar-refractivity contribution in [1.29, 1.82) is 0 Å². The van der Waals surface area contributed by atoms with Gasteiger partial charge in [0.05, 0.1) is 7.11 Å². The summed E-state index contributed by atoms with van der Waals surface area (Å²) in [6.45, 7) is 1.83. The Kier molecular flexibility index (Phi) is 10.4. The van der Waals surface area contributed by atoms with Crippen LogP contribution in [0.15, 0.2) is 120 Å². The number of rotatable bonds is 11. The van der Waals surface area contributed by atoms with Crippen molar-refractivity contribution in [3.8, 4) is 5.75 Å². The number of hydrogen-bond acceptors (Lipinski definition) is 8. The zero-order valence-corrected chi connectivity index (χ0v) is 26.0. The van der Waals surface area contributed by atoms with Crippen LogP contribution in [-0.2, 0) is 9.59 Å². The maximum atomic E-state index is 13.4. The number of ether oxygens (including phenoxy) is 1. The number of amides is 3. The molecule has 0 saturated heterocycles. The summed E-state index contributed by atoms with van der Waals surface area (Å²) in [7, 11) is 1.57. The van der Waals surface area contributed by atoms with E-state index >= 15 is 0 Å². The molecule has 1 atom stereocenters. The lowest BCUT2D eigenvalue weighted by Gasteiger charge is -2.16. The van der Waals surface area contributed by atoms with E-state index in [9.17, 15) is 14.4 Å². The molecule has 0 spiro atoms.